The van der Waals surface area contributed by atoms with Crippen molar-refractivity contribution in [3.8, 4) is 0 Å². The highest BCUT2D eigenvalue weighted by atomic mass is 35.5. The van der Waals surface area contributed by atoms with Crippen molar-refractivity contribution in [2.75, 3.05) is 4.72 Å². The van der Waals surface area contributed by atoms with Gasteiger partial charge in [0.15, 0.2) is 0 Å². The average Bonchev–Trinajstić information content (AvgIpc) is 2.63. The van der Waals surface area contributed by atoms with Gasteiger partial charge in [0.05, 0.1) is 11.9 Å². The number of hydrogen-bond acceptors (Lipinski definition) is 4. The molecule has 7 heteroatoms. The minimum Gasteiger partial charge on any atom is -0.278 e. The van der Waals surface area contributed by atoms with E-state index in [1.165, 1.54) is 17.5 Å². The van der Waals surface area contributed by atoms with Gasteiger partial charge in [-0.15, -0.1) is 11.3 Å². The van der Waals surface area contributed by atoms with Gasteiger partial charge >= 0.3 is 0 Å². The number of halogens is 1. The zero-order valence-electron chi connectivity index (χ0n) is 10.7. The maximum Gasteiger partial charge on any atom is 0.263 e. The number of thiophene rings is 1. The van der Waals surface area contributed by atoms with Crippen LogP contribution >= 0.6 is 22.9 Å². The van der Waals surface area contributed by atoms with Gasteiger partial charge in [0.25, 0.3) is 10.0 Å². The van der Waals surface area contributed by atoms with Gasteiger partial charge in [0, 0.05) is 9.75 Å². The average molecular weight is 317 g/mol. The summed E-state index contributed by atoms with van der Waals surface area (Å²) >= 11 is 7.20. The maximum atomic E-state index is 12.3. The second-order valence-electron chi connectivity index (χ2n) is 4.20. The molecule has 0 bridgehead atoms. The molecule has 2 aromatic heterocycles. The van der Waals surface area contributed by atoms with Crippen molar-refractivity contribution in [1.29, 1.82) is 0 Å². The standard InChI is InChI=1S/C12H13ClN2O2S2/c1-7-4-12(13)14-6-10(7)15-19(16,17)11-5-8(2)18-9(11)3/h4-6,15H,1-3H3. The van der Waals surface area contributed by atoms with Crippen LogP contribution in [0.25, 0.3) is 0 Å². The molecule has 0 unspecified atom stereocenters. The predicted octanol–water partition coefficient (Wildman–Crippen LogP) is 3.52. The number of aryl methyl sites for hydroxylation is 3. The van der Waals surface area contributed by atoms with E-state index >= 15 is 0 Å². The molecule has 0 aliphatic heterocycles. The van der Waals surface area contributed by atoms with Gasteiger partial charge in [-0.05, 0) is 38.5 Å². The molecule has 102 valence electrons. The van der Waals surface area contributed by atoms with Crippen LogP contribution in [0.3, 0.4) is 0 Å². The van der Waals surface area contributed by atoms with Crippen molar-refractivity contribution in [2.45, 2.75) is 25.7 Å². The Kier molecular flexibility index (Phi) is 3.85. The lowest BCUT2D eigenvalue weighted by Crippen LogP contribution is -2.14. The molecular formula is C12H13ClN2O2S2. The summed E-state index contributed by atoms with van der Waals surface area (Å²) in [6.45, 7) is 5.45. The van der Waals surface area contributed by atoms with Crippen LogP contribution in [0.1, 0.15) is 15.3 Å². The van der Waals surface area contributed by atoms with E-state index in [0.717, 1.165) is 15.3 Å². The van der Waals surface area contributed by atoms with Crippen LogP contribution < -0.4 is 4.72 Å². The molecule has 0 aromatic carbocycles. The summed E-state index contributed by atoms with van der Waals surface area (Å²) in [5, 5.41) is 0.336. The first kappa shape index (κ1) is 14.3. The molecule has 0 saturated heterocycles. The fraction of sp³-hybridized carbons (Fsp3) is 0.250. The van der Waals surface area contributed by atoms with Crippen molar-refractivity contribution in [3.05, 3.63) is 38.8 Å². The topological polar surface area (TPSA) is 59.1 Å². The second-order valence-corrected chi connectivity index (χ2v) is 7.70. The van der Waals surface area contributed by atoms with Crippen molar-refractivity contribution < 1.29 is 8.42 Å². The van der Waals surface area contributed by atoms with Gasteiger partial charge in [-0.1, -0.05) is 11.6 Å². The quantitative estimate of drug-likeness (QED) is 0.881. The summed E-state index contributed by atoms with van der Waals surface area (Å²) in [5.41, 5.74) is 1.17. The Morgan fingerprint density at radius 1 is 1.26 bits per heavy atom. The predicted molar refractivity (Wildman–Crippen MR) is 78.6 cm³/mol. The van der Waals surface area contributed by atoms with E-state index in [0.29, 0.717) is 15.7 Å². The van der Waals surface area contributed by atoms with Crippen LogP contribution in [0.15, 0.2) is 23.2 Å². The van der Waals surface area contributed by atoms with Crippen molar-refractivity contribution in [2.24, 2.45) is 0 Å². The monoisotopic (exact) mass is 316 g/mol. The Balaban J connectivity index is 2.39. The molecule has 1 N–H and O–H groups in total. The molecule has 2 aromatic rings. The number of hydrogen-bond donors (Lipinski definition) is 1. The Morgan fingerprint density at radius 2 is 1.95 bits per heavy atom. The van der Waals surface area contributed by atoms with Crippen LogP contribution in [0, 0.1) is 20.8 Å². The lowest BCUT2D eigenvalue weighted by molar-refractivity contribution is 0.601. The van der Waals surface area contributed by atoms with Crippen LogP contribution in [0.5, 0.6) is 0 Å². The summed E-state index contributed by atoms with van der Waals surface area (Å²) < 4.78 is 27.2. The minimum absolute atomic E-state index is 0.310. The lowest BCUT2D eigenvalue weighted by atomic mass is 10.3. The third-order valence-electron chi connectivity index (χ3n) is 2.61. The first-order valence-electron chi connectivity index (χ1n) is 5.51. The van der Waals surface area contributed by atoms with Crippen LogP contribution in [0.2, 0.25) is 5.15 Å². The van der Waals surface area contributed by atoms with Gasteiger partial charge < -0.3 is 0 Å². The highest BCUT2D eigenvalue weighted by molar-refractivity contribution is 7.93. The van der Waals surface area contributed by atoms with E-state index in [-0.39, 0.29) is 0 Å². The molecule has 2 heterocycles. The molecule has 0 atom stereocenters. The van der Waals surface area contributed by atoms with Gasteiger partial charge in [0.2, 0.25) is 0 Å². The van der Waals surface area contributed by atoms with Gasteiger partial charge in [-0.3, -0.25) is 4.72 Å². The molecule has 4 nitrogen and oxygen atoms in total. The third-order valence-corrected chi connectivity index (χ3v) is 5.40. The smallest absolute Gasteiger partial charge is 0.263 e. The van der Waals surface area contributed by atoms with Gasteiger partial charge in [-0.25, -0.2) is 13.4 Å². The van der Waals surface area contributed by atoms with Crippen molar-refractivity contribution in [3.63, 3.8) is 0 Å². The van der Waals surface area contributed by atoms with Gasteiger partial charge in [0.1, 0.15) is 10.0 Å². The molecule has 0 aliphatic carbocycles. The molecule has 2 rings (SSSR count). The first-order valence-corrected chi connectivity index (χ1v) is 8.19. The Bertz CT molecular complexity index is 723. The number of pyridine rings is 1. The Labute approximate surface area is 121 Å². The normalized spacial score (nSPS) is 11.6. The highest BCUT2D eigenvalue weighted by Gasteiger charge is 2.20. The lowest BCUT2D eigenvalue weighted by Gasteiger charge is -2.09. The number of rotatable bonds is 3. The van der Waals surface area contributed by atoms with E-state index in [1.807, 2.05) is 6.92 Å². The number of nitrogens with one attached hydrogen (secondary N) is 1. The summed E-state index contributed by atoms with van der Waals surface area (Å²) in [6, 6.07) is 3.28. The summed E-state index contributed by atoms with van der Waals surface area (Å²) in [5.74, 6) is 0. The fourth-order valence-corrected chi connectivity index (χ4v) is 4.59. The third kappa shape index (κ3) is 3.08. The van der Waals surface area contributed by atoms with E-state index in [9.17, 15) is 8.42 Å². The molecule has 0 fully saturated rings. The second kappa shape index (κ2) is 5.11. The Hall–Kier alpha value is -1.11. The van der Waals surface area contributed by atoms with Crippen LogP contribution in [0.4, 0.5) is 5.69 Å². The van der Waals surface area contributed by atoms with Crippen molar-refractivity contribution >= 4 is 38.6 Å². The molecule has 0 amide bonds. The highest BCUT2D eigenvalue weighted by Crippen LogP contribution is 2.27. The molecule has 0 aliphatic rings. The zero-order chi connectivity index (χ0) is 14.2. The number of sulfonamides is 1. The fourth-order valence-electron chi connectivity index (χ4n) is 1.70. The molecule has 0 radical (unpaired) electrons. The zero-order valence-corrected chi connectivity index (χ0v) is 13.1. The minimum atomic E-state index is -3.58. The maximum absolute atomic E-state index is 12.3. The largest absolute Gasteiger partial charge is 0.278 e. The summed E-state index contributed by atoms with van der Waals surface area (Å²) in [7, 11) is -3.58. The number of aromatic nitrogens is 1. The molecule has 19 heavy (non-hydrogen) atoms. The van der Waals surface area contributed by atoms with E-state index in [1.54, 1.807) is 26.0 Å². The number of anilines is 1. The van der Waals surface area contributed by atoms with Crippen molar-refractivity contribution in [1.82, 2.24) is 4.98 Å². The summed E-state index contributed by atoms with van der Waals surface area (Å²) in [4.78, 5) is 5.93. The van der Waals surface area contributed by atoms with Gasteiger partial charge in [-0.2, -0.15) is 0 Å². The molecule has 0 spiro atoms. The van der Waals surface area contributed by atoms with E-state index < -0.39 is 10.0 Å². The SMILES string of the molecule is Cc1cc(S(=O)(=O)Nc2cnc(Cl)cc2C)c(C)s1. The molecule has 0 saturated carbocycles. The van der Waals surface area contributed by atoms with Crippen LogP contribution in [-0.4, -0.2) is 13.4 Å². The van der Waals surface area contributed by atoms with E-state index in [2.05, 4.69) is 9.71 Å². The Morgan fingerprint density at radius 3 is 2.47 bits per heavy atom. The first-order chi connectivity index (χ1) is 8.79. The van der Waals surface area contributed by atoms with Crippen LogP contribution in [-0.2, 0) is 10.0 Å². The summed E-state index contributed by atoms with van der Waals surface area (Å²) in [6.07, 6.45) is 1.42. The molecular weight excluding hydrogens is 304 g/mol. The number of nitrogens with zero attached hydrogens (tertiary/aromatic N) is 1. The van der Waals surface area contributed by atoms with E-state index in [4.69, 9.17) is 11.6 Å².